The van der Waals surface area contributed by atoms with E-state index in [4.69, 9.17) is 14.2 Å². The van der Waals surface area contributed by atoms with Gasteiger partial charge in [0.25, 0.3) is 5.91 Å². The number of fused-ring (bicyclic) bond motifs is 1. The van der Waals surface area contributed by atoms with E-state index in [-0.39, 0.29) is 5.82 Å². The van der Waals surface area contributed by atoms with Crippen LogP contribution in [0.25, 0.3) is 10.1 Å². The van der Waals surface area contributed by atoms with Gasteiger partial charge in [-0.05, 0) is 48.7 Å². The number of nitrogens with one attached hydrogen (secondary N) is 1. The molecule has 1 N–H and O–H groups in total. The highest BCUT2D eigenvalue weighted by atomic mass is 32.1. The minimum Gasteiger partial charge on any atom is -0.493 e. The highest BCUT2D eigenvalue weighted by Gasteiger charge is 2.21. The summed E-state index contributed by atoms with van der Waals surface area (Å²) in [7, 11) is 3.00. The molecule has 3 aromatic rings. The Morgan fingerprint density at radius 3 is 2.50 bits per heavy atom. The summed E-state index contributed by atoms with van der Waals surface area (Å²) in [6.07, 6.45) is -1.03. The molecule has 8 heteroatoms. The van der Waals surface area contributed by atoms with Gasteiger partial charge in [0, 0.05) is 16.5 Å². The van der Waals surface area contributed by atoms with Crippen molar-refractivity contribution in [2.45, 2.75) is 13.0 Å². The fraction of sp³-hybridized carbons (Fsp3) is 0.200. The van der Waals surface area contributed by atoms with Gasteiger partial charge in [0.15, 0.2) is 17.6 Å². The molecule has 0 unspecified atom stereocenters. The molecule has 1 aromatic heterocycles. The van der Waals surface area contributed by atoms with E-state index in [1.54, 1.807) is 30.3 Å². The molecule has 146 valence electrons. The van der Waals surface area contributed by atoms with Crippen molar-refractivity contribution >= 4 is 39.0 Å². The van der Waals surface area contributed by atoms with E-state index in [0.29, 0.717) is 27.4 Å². The van der Waals surface area contributed by atoms with E-state index < -0.39 is 18.0 Å². The first-order valence-electron chi connectivity index (χ1n) is 8.34. The van der Waals surface area contributed by atoms with E-state index in [1.807, 2.05) is 0 Å². The molecular weight excluding hydrogens is 385 g/mol. The maximum Gasteiger partial charge on any atom is 0.349 e. The molecule has 0 fully saturated rings. The second-order valence-electron chi connectivity index (χ2n) is 5.90. The van der Waals surface area contributed by atoms with Crippen LogP contribution in [0.1, 0.15) is 16.6 Å². The summed E-state index contributed by atoms with van der Waals surface area (Å²) in [6, 6.07) is 10.7. The second-order valence-corrected chi connectivity index (χ2v) is 6.98. The van der Waals surface area contributed by atoms with Crippen molar-refractivity contribution < 1.29 is 28.2 Å². The molecule has 1 amide bonds. The van der Waals surface area contributed by atoms with Crippen LogP contribution in [0.15, 0.2) is 42.5 Å². The Balaban J connectivity index is 1.66. The smallest absolute Gasteiger partial charge is 0.349 e. The molecule has 0 aliphatic rings. The number of benzene rings is 2. The van der Waals surface area contributed by atoms with E-state index in [9.17, 15) is 14.0 Å². The monoisotopic (exact) mass is 403 g/mol. The van der Waals surface area contributed by atoms with Crippen LogP contribution in [0.2, 0.25) is 0 Å². The molecule has 28 heavy (non-hydrogen) atoms. The van der Waals surface area contributed by atoms with Crippen LogP contribution in [0.3, 0.4) is 0 Å². The van der Waals surface area contributed by atoms with Crippen LogP contribution in [0.5, 0.6) is 11.5 Å². The summed E-state index contributed by atoms with van der Waals surface area (Å²) in [5.41, 5.74) is 0.475. The van der Waals surface area contributed by atoms with Gasteiger partial charge >= 0.3 is 5.97 Å². The summed E-state index contributed by atoms with van der Waals surface area (Å²) < 4.78 is 29.6. The minimum absolute atomic E-state index is 0.298. The van der Waals surface area contributed by atoms with Gasteiger partial charge in [0.05, 0.1) is 14.2 Å². The highest BCUT2D eigenvalue weighted by Crippen LogP contribution is 2.30. The fourth-order valence-electron chi connectivity index (χ4n) is 2.54. The largest absolute Gasteiger partial charge is 0.493 e. The zero-order chi connectivity index (χ0) is 20.3. The van der Waals surface area contributed by atoms with Gasteiger partial charge in [-0.25, -0.2) is 9.18 Å². The Kier molecular flexibility index (Phi) is 5.79. The van der Waals surface area contributed by atoms with Gasteiger partial charge in [0.1, 0.15) is 10.7 Å². The van der Waals surface area contributed by atoms with Crippen molar-refractivity contribution in [2.24, 2.45) is 0 Å². The second kappa shape index (κ2) is 8.26. The average molecular weight is 403 g/mol. The van der Waals surface area contributed by atoms with Crippen LogP contribution >= 0.6 is 11.3 Å². The molecule has 0 bridgehead atoms. The number of ether oxygens (including phenoxy) is 3. The minimum atomic E-state index is -1.03. The summed E-state index contributed by atoms with van der Waals surface area (Å²) in [4.78, 5) is 25.0. The Morgan fingerprint density at radius 2 is 1.79 bits per heavy atom. The van der Waals surface area contributed by atoms with Gasteiger partial charge in [-0.1, -0.05) is 0 Å². The predicted octanol–water partition coefficient (Wildman–Crippen LogP) is 4.24. The molecule has 1 heterocycles. The van der Waals surface area contributed by atoms with E-state index in [1.165, 1.54) is 44.6 Å². The maximum atomic E-state index is 13.3. The standard InChI is InChI=1S/C20H18FNO5S/c1-11(19(23)22-14-5-6-15(25-2)16(10-14)26-3)27-20(24)18-9-12-8-13(21)4-7-17(12)28-18/h4-11H,1-3H3,(H,22,23)/t11-/m0/s1. The lowest BCUT2D eigenvalue weighted by Gasteiger charge is -2.14. The van der Waals surface area contributed by atoms with Gasteiger partial charge in [0.2, 0.25) is 0 Å². The number of hydrogen-bond acceptors (Lipinski definition) is 6. The van der Waals surface area contributed by atoms with Crippen molar-refractivity contribution in [3.63, 3.8) is 0 Å². The third-order valence-electron chi connectivity index (χ3n) is 3.98. The number of carbonyl (C=O) groups excluding carboxylic acids is 2. The van der Waals surface area contributed by atoms with Crippen molar-refractivity contribution in [1.82, 2.24) is 0 Å². The van der Waals surface area contributed by atoms with E-state index >= 15 is 0 Å². The average Bonchev–Trinajstić information content (AvgIpc) is 3.11. The number of hydrogen-bond donors (Lipinski definition) is 1. The Bertz CT molecular complexity index is 1030. The first-order chi connectivity index (χ1) is 13.4. The van der Waals surface area contributed by atoms with E-state index in [2.05, 4.69) is 5.32 Å². The first kappa shape index (κ1) is 19.6. The summed E-state index contributed by atoms with van der Waals surface area (Å²) in [6.45, 7) is 1.47. The number of amides is 1. The number of methoxy groups -OCH3 is 2. The molecule has 0 saturated heterocycles. The van der Waals surface area contributed by atoms with Crippen molar-refractivity contribution in [3.05, 3.63) is 53.2 Å². The van der Waals surface area contributed by atoms with Crippen LogP contribution in [-0.2, 0) is 9.53 Å². The molecule has 1 atom stereocenters. The Hall–Kier alpha value is -3.13. The van der Waals surface area contributed by atoms with Crippen molar-refractivity contribution in [2.75, 3.05) is 19.5 Å². The predicted molar refractivity (Wildman–Crippen MR) is 105 cm³/mol. The van der Waals surface area contributed by atoms with Gasteiger partial charge in [-0.3, -0.25) is 4.79 Å². The lowest BCUT2D eigenvalue weighted by Crippen LogP contribution is -2.29. The van der Waals surface area contributed by atoms with Crippen LogP contribution in [-0.4, -0.2) is 32.2 Å². The first-order valence-corrected chi connectivity index (χ1v) is 9.16. The molecule has 0 aliphatic carbocycles. The third kappa shape index (κ3) is 4.23. The van der Waals surface area contributed by atoms with Crippen LogP contribution < -0.4 is 14.8 Å². The zero-order valence-electron chi connectivity index (χ0n) is 15.4. The summed E-state index contributed by atoms with van der Waals surface area (Å²) in [5.74, 6) is -0.527. The van der Waals surface area contributed by atoms with Gasteiger partial charge in [-0.2, -0.15) is 0 Å². The van der Waals surface area contributed by atoms with Crippen LogP contribution in [0.4, 0.5) is 10.1 Å². The lowest BCUT2D eigenvalue weighted by atomic mass is 10.2. The quantitative estimate of drug-likeness (QED) is 0.623. The highest BCUT2D eigenvalue weighted by molar-refractivity contribution is 7.20. The number of anilines is 1. The van der Waals surface area contributed by atoms with Gasteiger partial charge in [-0.15, -0.1) is 11.3 Å². The normalized spacial score (nSPS) is 11.7. The number of carbonyl (C=O) groups is 2. The lowest BCUT2D eigenvalue weighted by molar-refractivity contribution is -0.123. The molecule has 2 aromatic carbocycles. The fourth-order valence-corrected chi connectivity index (χ4v) is 3.47. The molecule has 0 radical (unpaired) electrons. The molecule has 0 saturated carbocycles. The van der Waals surface area contributed by atoms with Crippen molar-refractivity contribution in [1.29, 1.82) is 0 Å². The number of esters is 1. The Morgan fingerprint density at radius 1 is 1.04 bits per heavy atom. The third-order valence-corrected chi connectivity index (χ3v) is 5.08. The molecule has 6 nitrogen and oxygen atoms in total. The SMILES string of the molecule is COc1ccc(NC(=O)[C@H](C)OC(=O)c2cc3cc(F)ccc3s2)cc1OC. The molecular formula is C20H18FNO5S. The van der Waals surface area contributed by atoms with Gasteiger partial charge < -0.3 is 19.5 Å². The molecule has 0 spiro atoms. The maximum absolute atomic E-state index is 13.3. The number of thiophene rings is 1. The number of halogens is 1. The summed E-state index contributed by atoms with van der Waals surface area (Å²) in [5, 5.41) is 3.27. The van der Waals surface area contributed by atoms with Crippen molar-refractivity contribution in [3.8, 4) is 11.5 Å². The topological polar surface area (TPSA) is 73.9 Å². The zero-order valence-corrected chi connectivity index (χ0v) is 16.3. The summed E-state index contributed by atoms with van der Waals surface area (Å²) >= 11 is 1.18. The molecule has 3 rings (SSSR count). The number of rotatable bonds is 6. The Labute approximate surface area is 164 Å². The molecule has 0 aliphatic heterocycles. The van der Waals surface area contributed by atoms with E-state index in [0.717, 1.165) is 4.70 Å². The van der Waals surface area contributed by atoms with Crippen LogP contribution in [0, 0.1) is 5.82 Å².